The first-order valence-electron chi connectivity index (χ1n) is 1.42. The van der Waals surface area contributed by atoms with Crippen molar-refractivity contribution in [1.82, 2.24) is 0 Å². The fraction of sp³-hybridized carbons (Fsp3) is 0.333. The Balaban J connectivity index is -0.0000000233. The van der Waals surface area contributed by atoms with E-state index in [9.17, 15) is 0 Å². The van der Waals surface area contributed by atoms with Crippen LogP contribution in [0.5, 0.6) is 0 Å². The third-order valence-corrected chi connectivity index (χ3v) is 0. The molecule has 3 radical (unpaired) electrons. The van der Waals surface area contributed by atoms with Gasteiger partial charge >= 0.3 is 0 Å². The van der Waals surface area contributed by atoms with Crippen LogP contribution in [-0.4, -0.2) is 45.5 Å². The van der Waals surface area contributed by atoms with Crippen molar-refractivity contribution in [1.29, 1.82) is 0 Å². The van der Waals surface area contributed by atoms with Crippen LogP contribution in [0.3, 0.4) is 0 Å². The predicted molar refractivity (Wildman–Crippen MR) is 31.4 cm³/mol. The highest BCUT2D eigenvalue weighted by Gasteiger charge is 1.65. The molecule has 0 aliphatic carbocycles. The van der Waals surface area contributed by atoms with Gasteiger partial charge in [-0.2, -0.15) is 0 Å². The van der Waals surface area contributed by atoms with Crippen LogP contribution in [0.25, 0.3) is 0 Å². The summed E-state index contributed by atoms with van der Waals surface area (Å²) in [5, 5.41) is 14.3. The highest BCUT2D eigenvalue weighted by atomic mass is 27.0. The van der Waals surface area contributed by atoms with Crippen LogP contribution in [0.2, 0.25) is 0 Å². The van der Waals surface area contributed by atoms with Crippen LogP contribution in [0, 0.1) is 0 Å². The van der Waals surface area contributed by atoms with E-state index >= 15 is 0 Å². The second kappa shape index (κ2) is 26.1. The van der Waals surface area contributed by atoms with Crippen molar-refractivity contribution in [2.45, 2.75) is 6.92 Å². The zero-order valence-corrected chi connectivity index (χ0v) is 6.02. The first kappa shape index (κ1) is 23.7. The fourth-order valence-electron chi connectivity index (χ4n) is 0. The van der Waals surface area contributed by atoms with Gasteiger partial charge in [-0.05, 0) is 0 Å². The summed E-state index contributed by atoms with van der Waals surface area (Å²) in [4.78, 5) is 17.4. The quantitative estimate of drug-likeness (QED) is 0.327. The highest BCUT2D eigenvalue weighted by Crippen LogP contribution is 1.42. The second-order valence-corrected chi connectivity index (χ2v) is 0.624. The van der Waals surface area contributed by atoms with Gasteiger partial charge in [0, 0.05) is 24.3 Å². The molecule has 0 heterocycles. The maximum Gasteiger partial charge on any atom is 0.300 e. The van der Waals surface area contributed by atoms with Gasteiger partial charge in [0.25, 0.3) is 12.4 Å². The van der Waals surface area contributed by atoms with Gasteiger partial charge in [-0.1, -0.05) is 0 Å². The van der Waals surface area contributed by atoms with Crippen molar-refractivity contribution in [3.05, 3.63) is 0 Å². The lowest BCUT2D eigenvalue weighted by molar-refractivity contribution is -0.134. The van der Waals surface area contributed by atoms with Crippen LogP contribution in [-0.2, 0) is 9.59 Å². The number of carboxylic acid groups (broad SMARTS) is 2. The molecule has 53 valence electrons. The summed E-state index contributed by atoms with van der Waals surface area (Å²) in [5.74, 6) is -0.833. The summed E-state index contributed by atoms with van der Waals surface area (Å²) >= 11 is 0. The Morgan fingerprint density at radius 1 is 1.56 bits per heavy atom. The van der Waals surface area contributed by atoms with Gasteiger partial charge in [0.1, 0.15) is 0 Å². The van der Waals surface area contributed by atoms with E-state index in [0.717, 1.165) is 6.92 Å². The Labute approximate surface area is 62.7 Å². The van der Waals surface area contributed by atoms with E-state index in [1.807, 2.05) is 0 Å². The molecule has 0 amide bonds. The molecule has 6 heteroatoms. The van der Waals surface area contributed by atoms with Crippen molar-refractivity contribution < 1.29 is 25.3 Å². The molecule has 0 unspecified atom stereocenters. The average molecular weight is 151 g/mol. The summed E-state index contributed by atoms with van der Waals surface area (Å²) < 4.78 is 0. The van der Waals surface area contributed by atoms with E-state index in [4.69, 9.17) is 19.8 Å². The monoisotopic (exact) mass is 151 g/mol. The lowest BCUT2D eigenvalue weighted by Gasteiger charge is -1.59. The molecule has 0 bridgehead atoms. The molecule has 5 nitrogen and oxygen atoms in total. The van der Waals surface area contributed by atoms with Gasteiger partial charge < -0.3 is 15.7 Å². The van der Waals surface area contributed by atoms with Crippen molar-refractivity contribution in [3.8, 4) is 0 Å². The van der Waals surface area contributed by atoms with Gasteiger partial charge in [0.15, 0.2) is 0 Å². The number of aliphatic carboxylic acids is 1. The van der Waals surface area contributed by atoms with E-state index in [1.54, 1.807) is 0 Å². The number of carbonyl (C=O) groups is 2. The number of carboxylic acids is 1. The molecule has 0 spiro atoms. The average Bonchev–Trinajstić information content (AvgIpc) is 1.33. The zero-order valence-electron chi connectivity index (χ0n) is 4.87. The van der Waals surface area contributed by atoms with Crippen LogP contribution in [0.15, 0.2) is 0 Å². The van der Waals surface area contributed by atoms with Gasteiger partial charge in [-0.25, -0.2) is 0 Å². The van der Waals surface area contributed by atoms with Gasteiger partial charge in [-0.3, -0.25) is 9.59 Å². The Hall–Kier alpha value is -0.568. The molecule has 0 fully saturated rings. The van der Waals surface area contributed by atoms with E-state index in [-0.39, 0.29) is 29.3 Å². The summed E-state index contributed by atoms with van der Waals surface area (Å²) in [7, 11) is 0. The Bertz CT molecular complexity index is 59.2. The second-order valence-electron chi connectivity index (χ2n) is 0.624. The normalized spacial score (nSPS) is 4.11. The third kappa shape index (κ3) is 681. The molecule has 0 aromatic rings. The van der Waals surface area contributed by atoms with Gasteiger partial charge in [-0.15, -0.1) is 0 Å². The Morgan fingerprint density at radius 3 is 1.56 bits per heavy atom. The van der Waals surface area contributed by atoms with Gasteiger partial charge in [0.05, 0.1) is 0 Å². The van der Waals surface area contributed by atoms with Crippen LogP contribution in [0.1, 0.15) is 6.92 Å². The lowest BCUT2D eigenvalue weighted by atomic mass is 10.9. The molecule has 9 heavy (non-hydrogen) atoms. The molecule has 0 atom stereocenters. The van der Waals surface area contributed by atoms with Crippen molar-refractivity contribution in [2.75, 3.05) is 0 Å². The summed E-state index contributed by atoms with van der Waals surface area (Å²) in [6.45, 7) is 0.833. The molecule has 0 saturated carbocycles. The number of hydrogen-bond acceptors (Lipinski definition) is 2. The fourth-order valence-corrected chi connectivity index (χ4v) is 0. The smallest absolute Gasteiger partial charge is 0.300 e. The summed E-state index contributed by atoms with van der Waals surface area (Å²) in [6, 6.07) is 0. The van der Waals surface area contributed by atoms with Crippen molar-refractivity contribution in [3.63, 3.8) is 0 Å². The molecular weight excluding hydrogens is 143 g/mol. The van der Waals surface area contributed by atoms with E-state index in [1.165, 1.54) is 0 Å². The summed E-state index contributed by atoms with van der Waals surface area (Å²) in [6.07, 6.45) is 0. The number of rotatable bonds is 0. The van der Waals surface area contributed by atoms with Crippen LogP contribution < -0.4 is 0 Å². The van der Waals surface area contributed by atoms with E-state index in [2.05, 4.69) is 0 Å². The van der Waals surface area contributed by atoms with Crippen LogP contribution >= 0.6 is 0 Å². The zero-order chi connectivity index (χ0) is 6.28. The molecule has 0 saturated heterocycles. The minimum Gasteiger partial charge on any atom is -0.483 e. The predicted octanol–water partition coefficient (Wildman–Crippen LogP) is -1.41. The molecule has 0 aromatic carbocycles. The third-order valence-electron chi connectivity index (χ3n) is 0. The van der Waals surface area contributed by atoms with E-state index in [0.29, 0.717) is 0 Å². The number of hydrogen-bond donors (Lipinski definition) is 2. The van der Waals surface area contributed by atoms with E-state index < -0.39 is 5.97 Å². The van der Waals surface area contributed by atoms with Crippen molar-refractivity contribution in [2.24, 2.45) is 0 Å². The minimum atomic E-state index is -0.833. The molecule has 0 aromatic heterocycles. The largest absolute Gasteiger partial charge is 0.483 e. The standard InChI is InChI=1S/C2H4O2.CH2O2.Al.H2O/c1-2(3)4;2-1-3;;/h1H3,(H,3,4);1H,(H,2,3);;1H2. The van der Waals surface area contributed by atoms with Crippen molar-refractivity contribution >= 4 is 29.8 Å². The minimum absolute atomic E-state index is 0. The Kier molecular flexibility index (Phi) is 68.8. The highest BCUT2D eigenvalue weighted by molar-refractivity contribution is 5.75. The maximum absolute atomic E-state index is 9.00. The summed E-state index contributed by atoms with van der Waals surface area (Å²) in [5.41, 5.74) is 0. The molecule has 0 aliphatic rings. The molecule has 0 rings (SSSR count). The lowest BCUT2D eigenvalue weighted by Crippen LogP contribution is -1.78. The first-order chi connectivity index (χ1) is 3.15. The van der Waals surface area contributed by atoms with Crippen LogP contribution in [0.4, 0.5) is 0 Å². The molecule has 0 aliphatic heterocycles. The molecular formula is C3H8AlO5. The SMILES string of the molecule is CC(=O)O.O.O=CO.[Al]. The molecule has 4 N–H and O–H groups in total. The van der Waals surface area contributed by atoms with Gasteiger partial charge in [0.2, 0.25) is 0 Å². The maximum atomic E-state index is 9.00. The first-order valence-corrected chi connectivity index (χ1v) is 1.42. The Morgan fingerprint density at radius 2 is 1.56 bits per heavy atom. The topological polar surface area (TPSA) is 106 Å².